The van der Waals surface area contributed by atoms with Gasteiger partial charge in [0.1, 0.15) is 17.4 Å². The van der Waals surface area contributed by atoms with E-state index >= 15 is 8.78 Å². The zero-order valence-electron chi connectivity index (χ0n) is 29.2. The van der Waals surface area contributed by atoms with E-state index in [2.05, 4.69) is 27.9 Å². The van der Waals surface area contributed by atoms with Crippen molar-refractivity contribution in [2.75, 3.05) is 20.2 Å². The molecule has 2 aromatic heterocycles. The first-order valence-corrected chi connectivity index (χ1v) is 17.5. The number of benzene rings is 3. The fourth-order valence-corrected chi connectivity index (χ4v) is 6.93. The number of β-amino-alcohol motifs (C(OH)–C–C–N with tert-alkyl or cyclic N) is 1. The number of nitrogens with one attached hydrogen (secondary N) is 2. The predicted molar refractivity (Wildman–Crippen MR) is 191 cm³/mol. The van der Waals surface area contributed by atoms with Crippen LogP contribution in [0.3, 0.4) is 0 Å². The summed E-state index contributed by atoms with van der Waals surface area (Å²) in [6, 6.07) is 15.3. The molecular formula is C40H44F2N4O5. The van der Waals surface area contributed by atoms with Gasteiger partial charge >= 0.3 is 5.97 Å². The molecular weight excluding hydrogens is 654 g/mol. The minimum atomic E-state index is -0.727. The Labute approximate surface area is 296 Å². The number of carbonyl (C=O) groups excluding carboxylic acids is 2. The second-order valence-corrected chi connectivity index (χ2v) is 13.5. The van der Waals surface area contributed by atoms with Gasteiger partial charge in [0.25, 0.3) is 0 Å². The lowest BCUT2D eigenvalue weighted by atomic mass is 9.75. The van der Waals surface area contributed by atoms with E-state index in [1.54, 1.807) is 32.4 Å². The summed E-state index contributed by atoms with van der Waals surface area (Å²) in [5.74, 6) is -1.44. The molecule has 6 rings (SSSR count). The predicted octanol–water partition coefficient (Wildman–Crippen LogP) is 7.76. The van der Waals surface area contributed by atoms with Crippen LogP contribution in [0.1, 0.15) is 74.8 Å². The van der Waals surface area contributed by atoms with Crippen molar-refractivity contribution in [3.63, 3.8) is 0 Å². The number of likely N-dealkylation sites (N-methyl/N-ethyl adjacent to an activating group) is 1. The van der Waals surface area contributed by atoms with Crippen molar-refractivity contribution in [1.82, 2.24) is 19.9 Å². The number of nitrogens with zero attached hydrogens (tertiary/aromatic N) is 2. The summed E-state index contributed by atoms with van der Waals surface area (Å²) in [7, 11) is 1.63. The van der Waals surface area contributed by atoms with Crippen LogP contribution < -0.4 is 4.74 Å². The molecule has 11 heteroatoms. The van der Waals surface area contributed by atoms with Crippen LogP contribution in [0.25, 0.3) is 22.3 Å². The molecule has 3 heterocycles. The third-order valence-electron chi connectivity index (χ3n) is 9.89. The van der Waals surface area contributed by atoms with Crippen LogP contribution >= 0.6 is 0 Å². The van der Waals surface area contributed by atoms with Crippen molar-refractivity contribution < 1.29 is 33.0 Å². The zero-order chi connectivity index (χ0) is 36.1. The average molecular weight is 699 g/mol. The van der Waals surface area contributed by atoms with E-state index in [1.807, 2.05) is 18.2 Å². The second kappa shape index (κ2) is 15.5. The molecule has 0 saturated carbocycles. The number of carbonyl (C=O) groups is 2. The Morgan fingerprint density at radius 1 is 1.12 bits per heavy atom. The minimum absolute atomic E-state index is 0.132. The van der Waals surface area contributed by atoms with Gasteiger partial charge in [-0.05, 0) is 68.5 Å². The van der Waals surface area contributed by atoms with E-state index in [1.165, 1.54) is 29.2 Å². The van der Waals surface area contributed by atoms with Crippen LogP contribution in [0.2, 0.25) is 0 Å². The molecule has 51 heavy (non-hydrogen) atoms. The van der Waals surface area contributed by atoms with E-state index in [0.29, 0.717) is 35.9 Å². The lowest BCUT2D eigenvalue weighted by Gasteiger charge is -2.30. The maximum absolute atomic E-state index is 15.7. The summed E-state index contributed by atoms with van der Waals surface area (Å²) >= 11 is 0. The van der Waals surface area contributed by atoms with Crippen molar-refractivity contribution in [2.45, 2.75) is 76.7 Å². The Balaban J connectivity index is 1.40. The molecule has 0 fully saturated rings. The van der Waals surface area contributed by atoms with Gasteiger partial charge in [0, 0.05) is 66.0 Å². The van der Waals surface area contributed by atoms with Crippen LogP contribution in [0.15, 0.2) is 67.0 Å². The number of imidazole rings is 1. The fourth-order valence-electron chi connectivity index (χ4n) is 6.93. The number of amides is 1. The minimum Gasteiger partial charge on any atom is -0.466 e. The van der Waals surface area contributed by atoms with E-state index in [-0.39, 0.29) is 54.1 Å². The lowest BCUT2D eigenvalue weighted by molar-refractivity contribution is -0.143. The number of rotatable bonds is 5. The molecule has 3 N–H and O–H groups in total. The topological polar surface area (TPSA) is 121 Å². The highest BCUT2D eigenvalue weighted by molar-refractivity contribution is 5.91. The summed E-state index contributed by atoms with van der Waals surface area (Å²) in [6.45, 7) is 4.37. The Kier molecular flexibility index (Phi) is 10.9. The maximum atomic E-state index is 15.7. The van der Waals surface area contributed by atoms with Crippen molar-refractivity contribution in [3.05, 3.63) is 101 Å². The van der Waals surface area contributed by atoms with E-state index in [0.717, 1.165) is 42.5 Å². The monoisotopic (exact) mass is 698 g/mol. The molecule has 4 bridgehead atoms. The molecule has 2 atom stereocenters. The molecule has 1 amide bonds. The van der Waals surface area contributed by atoms with Gasteiger partial charge in [0.05, 0.1) is 24.7 Å². The summed E-state index contributed by atoms with van der Waals surface area (Å²) in [4.78, 5) is 38.0. The van der Waals surface area contributed by atoms with E-state index in [4.69, 9.17) is 9.47 Å². The van der Waals surface area contributed by atoms with Crippen molar-refractivity contribution in [2.24, 2.45) is 0 Å². The Hall–Kier alpha value is -5.03. The van der Waals surface area contributed by atoms with Crippen molar-refractivity contribution in [3.8, 4) is 22.9 Å². The number of hydrogen-bond donors (Lipinski definition) is 3. The first kappa shape index (κ1) is 35.8. The number of aliphatic hydroxyl groups is 1. The number of aromatic nitrogens is 3. The highest BCUT2D eigenvalue weighted by Crippen LogP contribution is 2.40. The van der Waals surface area contributed by atoms with Gasteiger partial charge in [0.15, 0.2) is 11.6 Å². The fraction of sp³-hybridized carbons (Fsp3) is 0.375. The molecule has 5 aromatic rings. The molecule has 9 nitrogen and oxygen atoms in total. The van der Waals surface area contributed by atoms with Crippen molar-refractivity contribution in [1.29, 1.82) is 0 Å². The van der Waals surface area contributed by atoms with Gasteiger partial charge in [-0.1, -0.05) is 43.5 Å². The molecule has 0 spiro atoms. The van der Waals surface area contributed by atoms with Gasteiger partial charge in [-0.25, -0.2) is 13.8 Å². The van der Waals surface area contributed by atoms with Gasteiger partial charge in [-0.2, -0.15) is 0 Å². The van der Waals surface area contributed by atoms with E-state index in [9.17, 15) is 14.7 Å². The Bertz CT molecular complexity index is 2020. The molecule has 0 radical (unpaired) electrons. The normalized spacial score (nSPS) is 19.0. The van der Waals surface area contributed by atoms with Crippen LogP contribution in [0, 0.1) is 11.6 Å². The summed E-state index contributed by atoms with van der Waals surface area (Å²) < 4.78 is 42.4. The number of halogens is 2. The third kappa shape index (κ3) is 7.99. The van der Waals surface area contributed by atoms with Crippen LogP contribution in [-0.4, -0.2) is 63.1 Å². The number of H-pyrrole nitrogens is 2. The highest BCUT2D eigenvalue weighted by atomic mass is 19.1. The first-order valence-electron chi connectivity index (χ1n) is 17.5. The number of ether oxygens (including phenoxy) is 2. The number of aryl methyl sites for hydroxylation is 1. The number of hydrogen-bond acceptors (Lipinski definition) is 6. The quantitative estimate of drug-likeness (QED) is 0.162. The number of aromatic amines is 2. The lowest BCUT2D eigenvalue weighted by Crippen LogP contribution is -2.35. The van der Waals surface area contributed by atoms with Crippen LogP contribution in [0.4, 0.5) is 8.78 Å². The molecule has 0 aliphatic carbocycles. The van der Waals surface area contributed by atoms with Gasteiger partial charge < -0.3 is 29.4 Å². The Morgan fingerprint density at radius 2 is 1.96 bits per heavy atom. The van der Waals surface area contributed by atoms with Crippen LogP contribution in [0.5, 0.6) is 11.5 Å². The molecule has 1 aliphatic rings. The number of fused-ring (bicyclic) bond motifs is 8. The van der Waals surface area contributed by atoms with Gasteiger partial charge in [0.2, 0.25) is 5.91 Å². The average Bonchev–Trinajstić information content (AvgIpc) is 3.80. The number of esters is 1. The SMILES string of the molecule is CCOC(=O)CCc1cccc(C2(C)CCCCCC(O)CN(C)C(=O)Cc3c(c(F)cc4[nH]ccc34)Oc3ccc(F)c(c3)-c3ncc2[nH]3)c1. The molecule has 268 valence electrons. The van der Waals surface area contributed by atoms with Crippen LogP contribution in [-0.2, 0) is 32.6 Å². The van der Waals surface area contributed by atoms with E-state index < -0.39 is 23.2 Å². The smallest absolute Gasteiger partial charge is 0.306 e. The highest BCUT2D eigenvalue weighted by Gasteiger charge is 2.32. The molecule has 3 aromatic carbocycles. The summed E-state index contributed by atoms with van der Waals surface area (Å²) in [5, 5.41) is 11.5. The molecule has 0 saturated heterocycles. The zero-order valence-corrected chi connectivity index (χ0v) is 29.2. The maximum Gasteiger partial charge on any atom is 0.306 e. The molecule has 1 aliphatic heterocycles. The van der Waals surface area contributed by atoms with Crippen molar-refractivity contribution >= 4 is 22.8 Å². The standard InChI is InChI=1S/C40H44F2N4O5/c1-4-50-37(49)15-12-25-9-8-10-26(19-25)40(2)17-7-5-6-11-27(47)24-46(3)36(48)21-30-29-16-18-43-34(29)22-33(42)38(30)51-28-13-14-32(41)31(20-28)39-44-23-35(40)45-39/h8-10,13-14,16,18-20,22-23,27,43,47H,4-7,11-12,15,17,21,24H2,1-3H3,(H,44,45). The first-order chi connectivity index (χ1) is 24.5. The largest absolute Gasteiger partial charge is 0.466 e. The summed E-state index contributed by atoms with van der Waals surface area (Å²) in [6.07, 6.45) is 6.93. The number of aliphatic hydroxyl groups excluding tert-OH is 1. The Morgan fingerprint density at radius 3 is 2.78 bits per heavy atom. The molecule has 2 unspecified atom stereocenters. The second-order valence-electron chi connectivity index (χ2n) is 13.5. The van der Waals surface area contributed by atoms with Gasteiger partial charge in [-0.3, -0.25) is 9.59 Å². The summed E-state index contributed by atoms with van der Waals surface area (Å²) in [5.41, 5.74) is 3.23. The third-order valence-corrected chi connectivity index (χ3v) is 9.89. The van der Waals surface area contributed by atoms with Gasteiger partial charge in [-0.15, -0.1) is 0 Å².